The van der Waals surface area contributed by atoms with Crippen LogP contribution in [0.3, 0.4) is 0 Å². The maximum Gasteiger partial charge on any atom is 0.105 e. The molecule has 4 nitrogen and oxygen atoms in total. The topological polar surface area (TPSA) is 39.1 Å². The maximum atomic E-state index is 5.03. The molecule has 5 heteroatoms. The first-order chi connectivity index (χ1) is 10.3. The quantitative estimate of drug-likeness (QED) is 0.571. The van der Waals surface area contributed by atoms with Crippen molar-refractivity contribution in [2.24, 2.45) is 0 Å². The lowest BCUT2D eigenvalue weighted by molar-refractivity contribution is 0.199. The van der Waals surface area contributed by atoms with Crippen molar-refractivity contribution in [1.82, 2.24) is 14.9 Å². The summed E-state index contributed by atoms with van der Waals surface area (Å²) in [6, 6.07) is 8.71. The Labute approximate surface area is 130 Å². The molecule has 1 heterocycles. The second kappa shape index (κ2) is 8.87. The lowest BCUT2D eigenvalue weighted by Gasteiger charge is -2.08. The van der Waals surface area contributed by atoms with Gasteiger partial charge in [-0.1, -0.05) is 12.1 Å². The third-order valence-corrected chi connectivity index (χ3v) is 4.21. The first kappa shape index (κ1) is 16.1. The van der Waals surface area contributed by atoms with Crippen LogP contribution in [0.5, 0.6) is 0 Å². The first-order valence-electron chi connectivity index (χ1n) is 7.18. The van der Waals surface area contributed by atoms with E-state index in [2.05, 4.69) is 39.1 Å². The van der Waals surface area contributed by atoms with E-state index >= 15 is 0 Å². The molecule has 2 aromatic rings. The summed E-state index contributed by atoms with van der Waals surface area (Å²) in [6.45, 7) is 5.55. The molecule has 1 aromatic carbocycles. The molecule has 0 atom stereocenters. The Morgan fingerprint density at radius 1 is 1.38 bits per heavy atom. The number of nitrogens with zero attached hydrogens (tertiary/aromatic N) is 2. The van der Waals surface area contributed by atoms with Gasteiger partial charge in [0.2, 0.25) is 0 Å². The molecular weight excluding hydrogens is 282 g/mol. The molecule has 1 N–H and O–H groups in total. The average molecular weight is 305 g/mol. The normalized spacial score (nSPS) is 11.0. The summed E-state index contributed by atoms with van der Waals surface area (Å²) in [5.41, 5.74) is 1.31. The number of hydrogen-bond acceptors (Lipinski definition) is 4. The van der Waals surface area contributed by atoms with Crippen molar-refractivity contribution in [3.8, 4) is 0 Å². The van der Waals surface area contributed by atoms with Crippen LogP contribution in [-0.4, -0.2) is 35.6 Å². The Morgan fingerprint density at radius 3 is 3.05 bits per heavy atom. The third-order valence-electron chi connectivity index (χ3n) is 3.24. The summed E-state index contributed by atoms with van der Waals surface area (Å²) in [6.07, 6.45) is 3.89. The van der Waals surface area contributed by atoms with Gasteiger partial charge < -0.3 is 14.6 Å². The fourth-order valence-corrected chi connectivity index (χ4v) is 2.99. The highest BCUT2D eigenvalue weighted by atomic mass is 32.2. The number of rotatable bonds is 9. The van der Waals surface area contributed by atoms with E-state index in [0.717, 1.165) is 37.8 Å². The van der Waals surface area contributed by atoms with Gasteiger partial charge in [0, 0.05) is 49.8 Å². The van der Waals surface area contributed by atoms with Crippen LogP contribution >= 0.6 is 11.8 Å². The van der Waals surface area contributed by atoms with Crippen LogP contribution in [0.1, 0.15) is 11.4 Å². The first-order valence-corrected chi connectivity index (χ1v) is 8.17. The summed E-state index contributed by atoms with van der Waals surface area (Å²) in [7, 11) is 1.72. The summed E-state index contributed by atoms with van der Waals surface area (Å²) >= 11 is 1.88. The van der Waals surface area contributed by atoms with E-state index in [0.29, 0.717) is 0 Å². The maximum absolute atomic E-state index is 5.03. The van der Waals surface area contributed by atoms with Crippen LogP contribution in [0, 0.1) is 6.92 Å². The van der Waals surface area contributed by atoms with Crippen LogP contribution < -0.4 is 5.32 Å². The number of methoxy groups -OCH3 is 1. The highest BCUT2D eigenvalue weighted by Gasteiger charge is 2.00. The lowest BCUT2D eigenvalue weighted by atomic mass is 10.2. The lowest BCUT2D eigenvalue weighted by Crippen LogP contribution is -2.18. The van der Waals surface area contributed by atoms with Gasteiger partial charge >= 0.3 is 0 Å². The molecule has 0 aliphatic heterocycles. The molecular formula is C16H23N3OS. The van der Waals surface area contributed by atoms with Gasteiger partial charge in [0.25, 0.3) is 0 Å². The largest absolute Gasteiger partial charge is 0.383 e. The number of aryl methyl sites for hydroxylation is 2. The standard InChI is InChI=1S/C16H23N3OS/c1-14-18-6-8-19(14)9-11-21-16-5-3-4-15(12-16)13-17-7-10-20-2/h3-6,8,12,17H,7,9-11,13H2,1-2H3. The number of imidazole rings is 1. The minimum Gasteiger partial charge on any atom is -0.383 e. The van der Waals surface area contributed by atoms with Gasteiger partial charge in [-0.05, 0) is 24.6 Å². The second-order valence-electron chi connectivity index (χ2n) is 4.83. The molecule has 0 saturated heterocycles. The molecule has 114 valence electrons. The van der Waals surface area contributed by atoms with E-state index in [1.807, 2.05) is 31.1 Å². The highest BCUT2D eigenvalue weighted by Crippen LogP contribution is 2.19. The summed E-state index contributed by atoms with van der Waals surface area (Å²) in [5.74, 6) is 2.13. The van der Waals surface area contributed by atoms with Crippen molar-refractivity contribution in [1.29, 1.82) is 0 Å². The number of benzene rings is 1. The predicted octanol–water partition coefficient (Wildman–Crippen LogP) is 2.72. The highest BCUT2D eigenvalue weighted by molar-refractivity contribution is 7.99. The smallest absolute Gasteiger partial charge is 0.105 e. The molecule has 0 spiro atoms. The van der Waals surface area contributed by atoms with Crippen LogP contribution in [0.15, 0.2) is 41.6 Å². The Hall–Kier alpha value is -1.30. The number of nitrogens with one attached hydrogen (secondary N) is 1. The third kappa shape index (κ3) is 5.53. The van der Waals surface area contributed by atoms with Crippen molar-refractivity contribution in [3.63, 3.8) is 0 Å². The minimum absolute atomic E-state index is 0.749. The van der Waals surface area contributed by atoms with Gasteiger partial charge in [0.1, 0.15) is 5.82 Å². The molecule has 21 heavy (non-hydrogen) atoms. The van der Waals surface area contributed by atoms with E-state index in [1.165, 1.54) is 10.5 Å². The molecule has 0 fully saturated rings. The van der Waals surface area contributed by atoms with Crippen molar-refractivity contribution in [2.45, 2.75) is 24.9 Å². The zero-order valence-electron chi connectivity index (χ0n) is 12.7. The molecule has 0 unspecified atom stereocenters. The molecule has 2 rings (SSSR count). The average Bonchev–Trinajstić information content (AvgIpc) is 2.90. The van der Waals surface area contributed by atoms with Gasteiger partial charge in [0.05, 0.1) is 6.61 Å². The molecule has 0 amide bonds. The van der Waals surface area contributed by atoms with Crippen LogP contribution in [-0.2, 0) is 17.8 Å². The van der Waals surface area contributed by atoms with Crippen molar-refractivity contribution >= 4 is 11.8 Å². The van der Waals surface area contributed by atoms with E-state index in [4.69, 9.17) is 4.74 Å². The molecule has 0 bridgehead atoms. The number of thioether (sulfide) groups is 1. The van der Waals surface area contributed by atoms with Gasteiger partial charge in [-0.2, -0.15) is 0 Å². The van der Waals surface area contributed by atoms with E-state index in [9.17, 15) is 0 Å². The molecule has 0 aliphatic carbocycles. The Bertz CT molecular complexity index is 542. The predicted molar refractivity (Wildman–Crippen MR) is 87.7 cm³/mol. The summed E-state index contributed by atoms with van der Waals surface area (Å²) in [4.78, 5) is 5.56. The second-order valence-corrected chi connectivity index (χ2v) is 6.00. The molecule has 0 radical (unpaired) electrons. The SMILES string of the molecule is COCCNCc1cccc(SCCn2ccnc2C)c1. The van der Waals surface area contributed by atoms with E-state index < -0.39 is 0 Å². The Balaban J connectivity index is 1.76. The van der Waals surface area contributed by atoms with E-state index in [-0.39, 0.29) is 0 Å². The number of ether oxygens (including phenoxy) is 1. The fraction of sp³-hybridized carbons (Fsp3) is 0.438. The van der Waals surface area contributed by atoms with Gasteiger partial charge in [0.15, 0.2) is 0 Å². The van der Waals surface area contributed by atoms with Crippen LogP contribution in [0.25, 0.3) is 0 Å². The van der Waals surface area contributed by atoms with Gasteiger partial charge in [-0.3, -0.25) is 0 Å². The molecule has 1 aromatic heterocycles. The van der Waals surface area contributed by atoms with E-state index in [1.54, 1.807) is 7.11 Å². The Morgan fingerprint density at radius 2 is 2.29 bits per heavy atom. The van der Waals surface area contributed by atoms with Crippen LogP contribution in [0.4, 0.5) is 0 Å². The van der Waals surface area contributed by atoms with Crippen LogP contribution in [0.2, 0.25) is 0 Å². The summed E-state index contributed by atoms with van der Waals surface area (Å²) in [5, 5.41) is 3.37. The number of hydrogen-bond donors (Lipinski definition) is 1. The van der Waals surface area contributed by atoms with Gasteiger partial charge in [-0.15, -0.1) is 11.8 Å². The van der Waals surface area contributed by atoms with Crippen molar-refractivity contribution < 1.29 is 4.74 Å². The number of aromatic nitrogens is 2. The molecule has 0 saturated carbocycles. The summed E-state index contributed by atoms with van der Waals surface area (Å²) < 4.78 is 7.21. The fourth-order valence-electron chi connectivity index (χ4n) is 2.05. The van der Waals surface area contributed by atoms with Gasteiger partial charge in [-0.25, -0.2) is 4.98 Å². The molecule has 0 aliphatic rings. The Kier molecular flexibility index (Phi) is 6.79. The monoisotopic (exact) mass is 305 g/mol. The minimum atomic E-state index is 0.749. The van der Waals surface area contributed by atoms with Crippen molar-refractivity contribution in [3.05, 3.63) is 48.0 Å². The zero-order chi connectivity index (χ0) is 14.9. The zero-order valence-corrected chi connectivity index (χ0v) is 13.5. The van der Waals surface area contributed by atoms with Crippen molar-refractivity contribution in [2.75, 3.05) is 26.0 Å².